The first-order chi connectivity index (χ1) is 7.24. The van der Waals surface area contributed by atoms with E-state index in [0.29, 0.717) is 6.04 Å². The van der Waals surface area contributed by atoms with E-state index in [1.807, 2.05) is 11.3 Å². The predicted octanol–water partition coefficient (Wildman–Crippen LogP) is 2.92. The van der Waals surface area contributed by atoms with Crippen molar-refractivity contribution < 1.29 is 0 Å². The van der Waals surface area contributed by atoms with Crippen LogP contribution in [-0.2, 0) is 0 Å². The van der Waals surface area contributed by atoms with Crippen LogP contribution >= 0.6 is 11.3 Å². The van der Waals surface area contributed by atoms with Crippen LogP contribution in [0.5, 0.6) is 0 Å². The summed E-state index contributed by atoms with van der Waals surface area (Å²) in [7, 11) is 0. The van der Waals surface area contributed by atoms with Gasteiger partial charge in [0.25, 0.3) is 0 Å². The Morgan fingerprint density at radius 3 is 2.53 bits per heavy atom. The lowest BCUT2D eigenvalue weighted by atomic mass is 9.79. The standard InChI is InChI=1S/C12H18N2S/c1-7-11(9-5-10(13)6-9)15-12(14-7)8-3-2-4-8/h8-10H,2-6,13H2,1H3. The first-order valence-corrected chi connectivity index (χ1v) is 6.78. The fourth-order valence-corrected chi connectivity index (χ4v) is 3.88. The van der Waals surface area contributed by atoms with Crippen molar-refractivity contribution in [3.05, 3.63) is 15.6 Å². The smallest absolute Gasteiger partial charge is 0.0961 e. The number of rotatable bonds is 2. The maximum atomic E-state index is 5.84. The quantitative estimate of drug-likeness (QED) is 0.835. The Kier molecular flexibility index (Phi) is 2.33. The summed E-state index contributed by atoms with van der Waals surface area (Å²) in [5.41, 5.74) is 7.12. The third-order valence-corrected chi connectivity index (χ3v) is 5.33. The van der Waals surface area contributed by atoms with E-state index >= 15 is 0 Å². The first kappa shape index (κ1) is 9.79. The van der Waals surface area contributed by atoms with Crippen LogP contribution in [0.3, 0.4) is 0 Å². The van der Waals surface area contributed by atoms with E-state index in [9.17, 15) is 0 Å². The highest BCUT2D eigenvalue weighted by Crippen LogP contribution is 2.44. The van der Waals surface area contributed by atoms with E-state index in [1.54, 1.807) is 0 Å². The lowest BCUT2D eigenvalue weighted by molar-refractivity contribution is 0.354. The number of hydrogen-bond acceptors (Lipinski definition) is 3. The summed E-state index contributed by atoms with van der Waals surface area (Å²) in [6, 6.07) is 0.448. The molecule has 2 N–H and O–H groups in total. The average molecular weight is 222 g/mol. The number of nitrogens with zero attached hydrogens (tertiary/aromatic N) is 1. The minimum atomic E-state index is 0.448. The molecule has 0 unspecified atom stereocenters. The summed E-state index contributed by atoms with van der Waals surface area (Å²) in [6.45, 7) is 2.16. The zero-order valence-electron chi connectivity index (χ0n) is 9.20. The number of nitrogens with two attached hydrogens (primary N) is 1. The first-order valence-electron chi connectivity index (χ1n) is 5.97. The molecule has 2 fully saturated rings. The summed E-state index contributed by atoms with van der Waals surface area (Å²) in [5, 5.41) is 1.40. The Bertz CT molecular complexity index is 362. The molecule has 0 aliphatic heterocycles. The van der Waals surface area contributed by atoms with Gasteiger partial charge in [0.1, 0.15) is 0 Å². The van der Waals surface area contributed by atoms with Gasteiger partial charge in [-0.25, -0.2) is 4.98 Å². The Balaban J connectivity index is 1.79. The van der Waals surface area contributed by atoms with Gasteiger partial charge in [0.15, 0.2) is 0 Å². The number of thiazole rings is 1. The van der Waals surface area contributed by atoms with Crippen LogP contribution in [0.25, 0.3) is 0 Å². The van der Waals surface area contributed by atoms with Gasteiger partial charge in [0, 0.05) is 16.8 Å². The van der Waals surface area contributed by atoms with E-state index in [4.69, 9.17) is 10.7 Å². The third kappa shape index (κ3) is 1.62. The Labute approximate surface area is 94.9 Å². The van der Waals surface area contributed by atoms with E-state index < -0.39 is 0 Å². The van der Waals surface area contributed by atoms with Gasteiger partial charge in [-0.05, 0) is 38.5 Å². The van der Waals surface area contributed by atoms with Crippen molar-refractivity contribution in [2.45, 2.75) is 56.9 Å². The zero-order valence-corrected chi connectivity index (χ0v) is 10.0. The highest BCUT2D eigenvalue weighted by molar-refractivity contribution is 7.12. The van der Waals surface area contributed by atoms with Gasteiger partial charge in [-0.1, -0.05) is 6.42 Å². The van der Waals surface area contributed by atoms with Crippen molar-refractivity contribution in [3.8, 4) is 0 Å². The maximum absolute atomic E-state index is 5.84. The molecule has 0 radical (unpaired) electrons. The number of aryl methyl sites for hydroxylation is 1. The second kappa shape index (κ2) is 3.56. The molecule has 1 heterocycles. The van der Waals surface area contributed by atoms with E-state index in [0.717, 1.165) is 11.8 Å². The van der Waals surface area contributed by atoms with Gasteiger partial charge >= 0.3 is 0 Å². The minimum absolute atomic E-state index is 0.448. The Hall–Kier alpha value is -0.410. The van der Waals surface area contributed by atoms with Gasteiger partial charge in [-0.15, -0.1) is 11.3 Å². The van der Waals surface area contributed by atoms with Gasteiger partial charge in [0.05, 0.1) is 10.7 Å². The zero-order chi connectivity index (χ0) is 10.4. The molecule has 15 heavy (non-hydrogen) atoms. The molecule has 3 rings (SSSR count). The molecule has 2 saturated carbocycles. The molecule has 0 atom stereocenters. The van der Waals surface area contributed by atoms with Crippen molar-refractivity contribution in [1.82, 2.24) is 4.98 Å². The van der Waals surface area contributed by atoms with E-state index in [-0.39, 0.29) is 0 Å². The molecule has 1 aromatic heterocycles. The summed E-state index contributed by atoms with van der Waals surface area (Å²) < 4.78 is 0. The molecular weight excluding hydrogens is 204 g/mol. The topological polar surface area (TPSA) is 38.9 Å². The molecular formula is C12H18N2S. The molecule has 0 bridgehead atoms. The molecule has 2 aliphatic rings. The van der Waals surface area contributed by atoms with E-state index in [2.05, 4.69) is 6.92 Å². The second-order valence-corrected chi connectivity index (χ2v) is 6.12. The fraction of sp³-hybridized carbons (Fsp3) is 0.750. The fourth-order valence-electron chi connectivity index (χ4n) is 2.51. The second-order valence-electron chi connectivity index (χ2n) is 5.06. The molecule has 2 nitrogen and oxygen atoms in total. The van der Waals surface area contributed by atoms with Crippen molar-refractivity contribution in [1.29, 1.82) is 0 Å². The van der Waals surface area contributed by atoms with Gasteiger partial charge in [-0.2, -0.15) is 0 Å². The molecule has 1 aromatic rings. The van der Waals surface area contributed by atoms with Gasteiger partial charge in [-0.3, -0.25) is 0 Å². The average Bonchev–Trinajstić information content (AvgIpc) is 2.38. The Morgan fingerprint density at radius 1 is 1.27 bits per heavy atom. The van der Waals surface area contributed by atoms with Crippen molar-refractivity contribution in [2.75, 3.05) is 0 Å². The third-order valence-electron chi connectivity index (χ3n) is 3.85. The SMILES string of the molecule is Cc1nc(C2CCC2)sc1C1CC(N)C1. The van der Waals surface area contributed by atoms with Crippen LogP contribution in [0.4, 0.5) is 0 Å². The summed E-state index contributed by atoms with van der Waals surface area (Å²) >= 11 is 1.96. The normalized spacial score (nSPS) is 31.1. The van der Waals surface area contributed by atoms with Crippen LogP contribution in [0.15, 0.2) is 0 Å². The molecule has 0 saturated heterocycles. The highest BCUT2D eigenvalue weighted by Gasteiger charge is 2.32. The molecule has 0 aromatic carbocycles. The van der Waals surface area contributed by atoms with Gasteiger partial charge in [0.2, 0.25) is 0 Å². The Morgan fingerprint density at radius 2 is 2.00 bits per heavy atom. The molecule has 82 valence electrons. The molecule has 0 amide bonds. The predicted molar refractivity (Wildman–Crippen MR) is 63.4 cm³/mol. The van der Waals surface area contributed by atoms with Crippen molar-refractivity contribution in [3.63, 3.8) is 0 Å². The van der Waals surface area contributed by atoms with Crippen LogP contribution in [0.1, 0.15) is 59.5 Å². The number of aromatic nitrogens is 1. The highest BCUT2D eigenvalue weighted by atomic mass is 32.1. The monoisotopic (exact) mass is 222 g/mol. The van der Waals surface area contributed by atoms with Crippen LogP contribution in [-0.4, -0.2) is 11.0 Å². The lowest BCUT2D eigenvalue weighted by Gasteiger charge is -2.31. The largest absolute Gasteiger partial charge is 0.328 e. The maximum Gasteiger partial charge on any atom is 0.0961 e. The molecule has 0 spiro atoms. The van der Waals surface area contributed by atoms with Crippen LogP contribution < -0.4 is 5.73 Å². The lowest BCUT2D eigenvalue weighted by Crippen LogP contribution is -2.34. The minimum Gasteiger partial charge on any atom is -0.328 e. The van der Waals surface area contributed by atoms with Gasteiger partial charge < -0.3 is 5.73 Å². The van der Waals surface area contributed by atoms with Crippen LogP contribution in [0.2, 0.25) is 0 Å². The molecule has 2 aliphatic carbocycles. The van der Waals surface area contributed by atoms with E-state index in [1.165, 1.54) is 47.7 Å². The summed E-state index contributed by atoms with van der Waals surface area (Å²) in [6.07, 6.45) is 6.46. The van der Waals surface area contributed by atoms with Crippen molar-refractivity contribution in [2.24, 2.45) is 5.73 Å². The van der Waals surface area contributed by atoms with Crippen LogP contribution in [0, 0.1) is 6.92 Å². The molecule has 3 heteroatoms. The van der Waals surface area contributed by atoms with Crippen molar-refractivity contribution >= 4 is 11.3 Å². The number of hydrogen-bond donors (Lipinski definition) is 1. The summed E-state index contributed by atoms with van der Waals surface area (Å²) in [4.78, 5) is 6.26. The summed E-state index contributed by atoms with van der Waals surface area (Å²) in [5.74, 6) is 1.52.